The molecule has 1 aromatic carbocycles. The number of halogens is 2. The molecule has 0 radical (unpaired) electrons. The van der Waals surface area contributed by atoms with Gasteiger partial charge in [-0.15, -0.1) is 0 Å². The van der Waals surface area contributed by atoms with Crippen LogP contribution in [0.5, 0.6) is 0 Å². The normalized spacial score (nSPS) is 10.0. The van der Waals surface area contributed by atoms with Crippen LogP contribution in [0.25, 0.3) is 0 Å². The van der Waals surface area contributed by atoms with E-state index in [1.54, 1.807) is 0 Å². The van der Waals surface area contributed by atoms with Crippen molar-refractivity contribution < 1.29 is 19.1 Å². The fourth-order valence-electron chi connectivity index (χ4n) is 1.14. The maximum Gasteiger partial charge on any atom is 0.336 e. The summed E-state index contributed by atoms with van der Waals surface area (Å²) in [7, 11) is 2.98. The van der Waals surface area contributed by atoms with Crippen LogP contribution in [0.4, 0.5) is 4.39 Å². The average Bonchev–Trinajstić information content (AvgIpc) is 2.19. The molecule has 0 aromatic heterocycles. The first kappa shape index (κ1) is 12.6. The first-order chi connectivity index (χ1) is 7.34. The molecule has 0 aliphatic rings. The highest BCUT2D eigenvalue weighted by Crippen LogP contribution is 2.21. The monoisotopic (exact) mass is 289 g/mol. The molecule has 0 fully saturated rings. The summed E-state index contributed by atoms with van der Waals surface area (Å²) >= 11 is 2.91. The van der Waals surface area contributed by atoms with Crippen LogP contribution in [-0.2, 0) is 0 Å². The summed E-state index contributed by atoms with van der Waals surface area (Å²) in [5.41, 5.74) is -0.398. The Kier molecular flexibility index (Phi) is 3.64. The maximum atomic E-state index is 13.1. The van der Waals surface area contributed by atoms with E-state index >= 15 is 0 Å². The van der Waals surface area contributed by atoms with Crippen molar-refractivity contribution in [1.82, 2.24) is 4.90 Å². The van der Waals surface area contributed by atoms with E-state index in [9.17, 15) is 14.0 Å². The second kappa shape index (κ2) is 4.61. The number of carbonyl (C=O) groups is 2. The molecular formula is C10H9BrFNO3. The SMILES string of the molecule is CN(C)C(=O)c1cc(Br)c(F)cc1C(=O)O. The van der Waals surface area contributed by atoms with Gasteiger partial charge in [0.1, 0.15) is 5.82 Å². The Morgan fingerprint density at radius 1 is 1.31 bits per heavy atom. The highest BCUT2D eigenvalue weighted by atomic mass is 79.9. The Morgan fingerprint density at radius 2 is 1.88 bits per heavy atom. The predicted octanol–water partition coefficient (Wildman–Crippen LogP) is 1.99. The number of rotatable bonds is 2. The molecule has 0 heterocycles. The lowest BCUT2D eigenvalue weighted by molar-refractivity contribution is 0.0684. The zero-order chi connectivity index (χ0) is 12.5. The van der Waals surface area contributed by atoms with Crippen molar-refractivity contribution in [2.45, 2.75) is 0 Å². The van der Waals surface area contributed by atoms with Gasteiger partial charge in [-0.25, -0.2) is 9.18 Å². The highest BCUT2D eigenvalue weighted by Gasteiger charge is 2.20. The molecule has 6 heteroatoms. The molecule has 4 nitrogen and oxygen atoms in total. The molecule has 0 aliphatic heterocycles. The molecule has 0 spiro atoms. The Morgan fingerprint density at radius 3 is 2.31 bits per heavy atom. The Balaban J connectivity index is 3.42. The molecule has 1 N–H and O–H groups in total. The fraction of sp³-hybridized carbons (Fsp3) is 0.200. The molecule has 0 saturated heterocycles. The van der Waals surface area contributed by atoms with Gasteiger partial charge in [-0.05, 0) is 28.1 Å². The summed E-state index contributed by atoms with van der Waals surface area (Å²) in [4.78, 5) is 23.7. The third-order valence-electron chi connectivity index (χ3n) is 1.93. The van der Waals surface area contributed by atoms with Crippen molar-refractivity contribution in [3.05, 3.63) is 33.5 Å². The molecule has 1 aromatic rings. The smallest absolute Gasteiger partial charge is 0.336 e. The number of carbonyl (C=O) groups excluding carboxylic acids is 1. The van der Waals surface area contributed by atoms with Crippen LogP contribution in [-0.4, -0.2) is 36.0 Å². The Bertz CT molecular complexity index is 460. The molecule has 1 amide bonds. The molecule has 16 heavy (non-hydrogen) atoms. The van der Waals surface area contributed by atoms with Gasteiger partial charge in [0, 0.05) is 14.1 Å². The minimum atomic E-state index is -1.34. The van der Waals surface area contributed by atoms with Crippen molar-refractivity contribution in [3.8, 4) is 0 Å². The summed E-state index contributed by atoms with van der Waals surface area (Å²) in [5, 5.41) is 8.86. The van der Waals surface area contributed by atoms with Gasteiger partial charge >= 0.3 is 5.97 Å². The lowest BCUT2D eigenvalue weighted by atomic mass is 10.1. The van der Waals surface area contributed by atoms with E-state index < -0.39 is 17.7 Å². The van der Waals surface area contributed by atoms with E-state index in [0.29, 0.717) is 0 Å². The van der Waals surface area contributed by atoms with Gasteiger partial charge in [-0.2, -0.15) is 0 Å². The number of carboxylic acid groups (broad SMARTS) is 1. The number of benzene rings is 1. The Labute approximate surface area is 99.8 Å². The van der Waals surface area contributed by atoms with Crippen LogP contribution in [0.2, 0.25) is 0 Å². The number of carboxylic acids is 1. The summed E-state index contributed by atoms with van der Waals surface area (Å²) in [5.74, 6) is -2.54. The van der Waals surface area contributed by atoms with Gasteiger partial charge in [0.25, 0.3) is 5.91 Å². The zero-order valence-corrected chi connectivity index (χ0v) is 10.2. The van der Waals surface area contributed by atoms with E-state index in [1.165, 1.54) is 25.1 Å². The Hall–Kier alpha value is -1.43. The van der Waals surface area contributed by atoms with Gasteiger partial charge in [0.2, 0.25) is 0 Å². The van der Waals surface area contributed by atoms with Crippen LogP contribution in [0, 0.1) is 5.82 Å². The second-order valence-electron chi connectivity index (χ2n) is 3.32. The van der Waals surface area contributed by atoms with Crippen molar-refractivity contribution >= 4 is 27.8 Å². The first-order valence-corrected chi connectivity index (χ1v) is 5.08. The summed E-state index contributed by atoms with van der Waals surface area (Å²) < 4.78 is 13.2. The van der Waals surface area contributed by atoms with Gasteiger partial charge in [-0.3, -0.25) is 4.79 Å². The summed E-state index contributed by atoms with van der Waals surface area (Å²) in [6.07, 6.45) is 0. The lowest BCUT2D eigenvalue weighted by Gasteiger charge is -2.12. The predicted molar refractivity (Wildman–Crippen MR) is 59.1 cm³/mol. The van der Waals surface area contributed by atoms with Crippen LogP contribution in [0.1, 0.15) is 20.7 Å². The average molecular weight is 290 g/mol. The van der Waals surface area contributed by atoms with Crippen molar-refractivity contribution in [1.29, 1.82) is 0 Å². The number of amides is 1. The number of hydrogen-bond acceptors (Lipinski definition) is 2. The van der Waals surface area contributed by atoms with Gasteiger partial charge in [0.15, 0.2) is 0 Å². The minimum absolute atomic E-state index is 0.0502. The topological polar surface area (TPSA) is 57.6 Å². The molecule has 86 valence electrons. The highest BCUT2D eigenvalue weighted by molar-refractivity contribution is 9.10. The van der Waals surface area contributed by atoms with Crippen molar-refractivity contribution in [2.75, 3.05) is 14.1 Å². The molecule has 0 bridgehead atoms. The van der Waals surface area contributed by atoms with Crippen LogP contribution < -0.4 is 0 Å². The standard InChI is InChI=1S/C10H9BrFNO3/c1-13(2)9(14)5-3-7(11)8(12)4-6(5)10(15)16/h3-4H,1-2H3,(H,15,16). The van der Waals surface area contributed by atoms with Gasteiger partial charge < -0.3 is 10.0 Å². The zero-order valence-electron chi connectivity index (χ0n) is 8.62. The quantitative estimate of drug-likeness (QED) is 0.906. The third kappa shape index (κ3) is 2.38. The lowest BCUT2D eigenvalue weighted by Crippen LogP contribution is -2.24. The molecule has 1 rings (SSSR count). The van der Waals surface area contributed by atoms with Crippen LogP contribution >= 0.6 is 15.9 Å². The van der Waals surface area contributed by atoms with Gasteiger partial charge in [-0.1, -0.05) is 0 Å². The second-order valence-corrected chi connectivity index (χ2v) is 4.17. The minimum Gasteiger partial charge on any atom is -0.478 e. The number of aromatic carboxylic acids is 1. The van der Waals surface area contributed by atoms with E-state index in [4.69, 9.17) is 5.11 Å². The van der Waals surface area contributed by atoms with Crippen LogP contribution in [0.15, 0.2) is 16.6 Å². The molecule has 0 saturated carbocycles. The summed E-state index contributed by atoms with van der Waals surface area (Å²) in [6, 6.07) is 1.99. The first-order valence-electron chi connectivity index (χ1n) is 4.28. The van der Waals surface area contributed by atoms with E-state index in [2.05, 4.69) is 15.9 Å². The van der Waals surface area contributed by atoms with E-state index in [1.807, 2.05) is 0 Å². The van der Waals surface area contributed by atoms with Gasteiger partial charge in [0.05, 0.1) is 15.6 Å². The fourth-order valence-corrected chi connectivity index (χ4v) is 1.49. The van der Waals surface area contributed by atoms with Crippen molar-refractivity contribution in [3.63, 3.8) is 0 Å². The van der Waals surface area contributed by atoms with E-state index in [-0.39, 0.29) is 15.6 Å². The number of hydrogen-bond donors (Lipinski definition) is 1. The van der Waals surface area contributed by atoms with Crippen molar-refractivity contribution in [2.24, 2.45) is 0 Å². The number of nitrogens with zero attached hydrogens (tertiary/aromatic N) is 1. The van der Waals surface area contributed by atoms with E-state index in [0.717, 1.165) is 6.07 Å². The largest absolute Gasteiger partial charge is 0.478 e. The molecule has 0 unspecified atom stereocenters. The third-order valence-corrected chi connectivity index (χ3v) is 2.54. The maximum absolute atomic E-state index is 13.1. The summed E-state index contributed by atoms with van der Waals surface area (Å²) in [6.45, 7) is 0. The molecule has 0 atom stereocenters. The molecular weight excluding hydrogens is 281 g/mol. The van der Waals surface area contributed by atoms with Crippen LogP contribution in [0.3, 0.4) is 0 Å². The molecule has 0 aliphatic carbocycles.